The number of aryl methyl sites for hydroxylation is 1. The molecule has 134 valence electrons. The Bertz CT molecular complexity index is 950. The average molecular weight is 384 g/mol. The second kappa shape index (κ2) is 7.39. The maximum absolute atomic E-state index is 11.5. The molecule has 3 aromatic rings. The van der Waals surface area contributed by atoms with E-state index in [4.69, 9.17) is 0 Å². The lowest BCUT2D eigenvalue weighted by Crippen LogP contribution is -2.25. The van der Waals surface area contributed by atoms with Crippen LogP contribution in [-0.4, -0.2) is 30.9 Å². The number of nitrogens with zero attached hydrogens (tertiary/aromatic N) is 3. The molecular weight excluding hydrogens is 362 g/mol. The monoisotopic (exact) mass is 383 g/mol. The number of imidazole rings is 1. The van der Waals surface area contributed by atoms with Crippen LogP contribution in [0.5, 0.6) is 0 Å². The van der Waals surface area contributed by atoms with E-state index in [2.05, 4.69) is 44.2 Å². The van der Waals surface area contributed by atoms with E-state index < -0.39 is 10.8 Å². The number of hydrogen-bond acceptors (Lipinski definition) is 4. The second-order valence-electron chi connectivity index (χ2n) is 6.49. The molecule has 0 fully saturated rings. The quantitative estimate of drug-likeness (QED) is 0.641. The third kappa shape index (κ3) is 3.63. The highest BCUT2D eigenvalue weighted by molar-refractivity contribution is 7.96. The fourth-order valence-corrected chi connectivity index (χ4v) is 4.61. The normalized spacial score (nSPS) is 15.6. The molecule has 4 nitrogen and oxygen atoms in total. The molecule has 26 heavy (non-hydrogen) atoms. The van der Waals surface area contributed by atoms with Gasteiger partial charge in [-0.1, -0.05) is 30.3 Å². The van der Waals surface area contributed by atoms with Crippen molar-refractivity contribution in [1.29, 1.82) is 0 Å². The third-order valence-corrected chi connectivity index (χ3v) is 6.75. The highest BCUT2D eigenvalue weighted by atomic mass is 32.2. The molecule has 2 heterocycles. The molecule has 1 unspecified atom stereocenters. The van der Waals surface area contributed by atoms with Crippen LogP contribution in [0.2, 0.25) is 0 Å². The van der Waals surface area contributed by atoms with Gasteiger partial charge in [0.05, 0.1) is 0 Å². The molecule has 0 bridgehead atoms. The number of fused-ring (bicyclic) bond motifs is 1. The summed E-state index contributed by atoms with van der Waals surface area (Å²) in [4.78, 5) is 5.27. The van der Waals surface area contributed by atoms with Crippen molar-refractivity contribution in [3.05, 3.63) is 66.0 Å². The second-order valence-corrected chi connectivity index (χ2v) is 8.93. The fraction of sp³-hybridized carbons (Fsp3) is 0.250. The summed E-state index contributed by atoms with van der Waals surface area (Å²) in [5, 5.41) is 1.03. The Hall–Kier alpha value is -1.89. The van der Waals surface area contributed by atoms with E-state index in [0.717, 1.165) is 29.6 Å². The summed E-state index contributed by atoms with van der Waals surface area (Å²) < 4.78 is 16.0. The van der Waals surface area contributed by atoms with Crippen LogP contribution in [0.4, 0.5) is 0 Å². The number of aromatic nitrogens is 2. The average Bonchev–Trinajstić information content (AvgIpc) is 3.06. The molecule has 0 radical (unpaired) electrons. The van der Waals surface area contributed by atoms with E-state index in [-0.39, 0.29) is 0 Å². The lowest BCUT2D eigenvalue weighted by Gasteiger charge is -2.27. The van der Waals surface area contributed by atoms with Crippen LogP contribution in [0.3, 0.4) is 0 Å². The zero-order valence-corrected chi connectivity index (χ0v) is 16.5. The zero-order chi connectivity index (χ0) is 18.1. The minimum atomic E-state index is -0.930. The van der Waals surface area contributed by atoms with Crippen LogP contribution in [0.15, 0.2) is 64.9 Å². The van der Waals surface area contributed by atoms with Gasteiger partial charge in [-0.05, 0) is 52.8 Å². The van der Waals surface area contributed by atoms with Crippen LogP contribution in [0, 0.1) is 0 Å². The van der Waals surface area contributed by atoms with Crippen molar-refractivity contribution in [3.8, 4) is 11.1 Å². The molecule has 4 rings (SSSR count). The van der Waals surface area contributed by atoms with Crippen molar-refractivity contribution in [3.63, 3.8) is 0 Å². The summed E-state index contributed by atoms with van der Waals surface area (Å²) in [5.74, 6) is 0. The molecule has 0 spiro atoms. The van der Waals surface area contributed by atoms with Gasteiger partial charge in [-0.3, -0.25) is 4.21 Å². The number of benzene rings is 2. The fourth-order valence-electron chi connectivity index (χ4n) is 3.18. The maximum Gasteiger partial charge on any atom is 0.183 e. The highest BCUT2D eigenvalue weighted by Gasteiger charge is 2.19. The largest absolute Gasteiger partial charge is 0.328 e. The molecule has 1 aromatic heterocycles. The standard InChI is InChI=1S/C20H21N3OS2/c1-22-12-10-21-20(22)25-23-11-9-17-13-16(3-4-18(17)14-23)15-5-7-19(8-6-15)26(2)24/h3-8,10,12-13H,9,11,14H2,1-2H3. The van der Waals surface area contributed by atoms with Gasteiger partial charge in [-0.15, -0.1) is 0 Å². The highest BCUT2D eigenvalue weighted by Crippen LogP contribution is 2.31. The molecule has 6 heteroatoms. The van der Waals surface area contributed by atoms with Crippen molar-refractivity contribution < 1.29 is 4.21 Å². The summed E-state index contributed by atoms with van der Waals surface area (Å²) in [6.45, 7) is 1.95. The van der Waals surface area contributed by atoms with Crippen molar-refractivity contribution in [2.45, 2.75) is 23.0 Å². The molecule has 0 saturated carbocycles. The lowest BCUT2D eigenvalue weighted by atomic mass is 9.95. The maximum atomic E-state index is 11.5. The molecule has 1 aliphatic rings. The van der Waals surface area contributed by atoms with Crippen LogP contribution in [0.25, 0.3) is 11.1 Å². The predicted octanol–water partition coefficient (Wildman–Crippen LogP) is 3.89. The Morgan fingerprint density at radius 1 is 1.08 bits per heavy atom. The summed E-state index contributed by atoms with van der Waals surface area (Å²) in [7, 11) is 1.10. The van der Waals surface area contributed by atoms with E-state index in [1.807, 2.05) is 31.6 Å². The van der Waals surface area contributed by atoms with E-state index in [0.29, 0.717) is 0 Å². The van der Waals surface area contributed by atoms with Gasteiger partial charge in [0.2, 0.25) is 0 Å². The lowest BCUT2D eigenvalue weighted by molar-refractivity contribution is 0.441. The first-order chi connectivity index (χ1) is 12.6. The Morgan fingerprint density at radius 2 is 1.85 bits per heavy atom. The van der Waals surface area contributed by atoms with E-state index in [1.54, 1.807) is 18.2 Å². The van der Waals surface area contributed by atoms with Crippen LogP contribution in [-0.2, 0) is 30.8 Å². The summed E-state index contributed by atoms with van der Waals surface area (Å²) >= 11 is 1.72. The first-order valence-electron chi connectivity index (χ1n) is 8.56. The van der Waals surface area contributed by atoms with Crippen molar-refractivity contribution >= 4 is 22.7 Å². The summed E-state index contributed by atoms with van der Waals surface area (Å²) in [5.41, 5.74) is 5.20. The van der Waals surface area contributed by atoms with Gasteiger partial charge in [0.15, 0.2) is 5.16 Å². The SMILES string of the molecule is Cn1ccnc1SN1CCc2cc(-c3ccc(S(C)=O)cc3)ccc2C1. The number of rotatable bonds is 4. The van der Waals surface area contributed by atoms with Crippen LogP contribution in [0.1, 0.15) is 11.1 Å². The Labute approximate surface area is 160 Å². The molecule has 2 aromatic carbocycles. The predicted molar refractivity (Wildman–Crippen MR) is 107 cm³/mol. The first kappa shape index (κ1) is 17.5. The molecule has 0 amide bonds. The number of hydrogen-bond donors (Lipinski definition) is 0. The van der Waals surface area contributed by atoms with Gasteiger partial charge in [0.25, 0.3) is 0 Å². The van der Waals surface area contributed by atoms with Gasteiger partial charge in [0.1, 0.15) is 0 Å². The first-order valence-corrected chi connectivity index (χ1v) is 10.9. The van der Waals surface area contributed by atoms with Crippen LogP contribution < -0.4 is 0 Å². The van der Waals surface area contributed by atoms with Crippen molar-refractivity contribution in [1.82, 2.24) is 13.9 Å². The van der Waals surface area contributed by atoms with Gasteiger partial charge in [-0.25, -0.2) is 9.29 Å². The van der Waals surface area contributed by atoms with Crippen LogP contribution >= 0.6 is 11.9 Å². The van der Waals surface area contributed by atoms with Gasteiger partial charge in [-0.2, -0.15) is 0 Å². The Morgan fingerprint density at radius 3 is 2.54 bits per heavy atom. The third-order valence-electron chi connectivity index (χ3n) is 4.69. The molecule has 1 atom stereocenters. The molecule has 0 N–H and O–H groups in total. The summed E-state index contributed by atoms with van der Waals surface area (Å²) in [6, 6.07) is 14.8. The Kier molecular flexibility index (Phi) is 4.98. The van der Waals surface area contributed by atoms with Crippen molar-refractivity contribution in [2.24, 2.45) is 7.05 Å². The van der Waals surface area contributed by atoms with E-state index in [1.165, 1.54) is 22.3 Å². The van der Waals surface area contributed by atoms with Crippen molar-refractivity contribution in [2.75, 3.05) is 12.8 Å². The topological polar surface area (TPSA) is 38.1 Å². The van der Waals surface area contributed by atoms with E-state index in [9.17, 15) is 4.21 Å². The molecule has 0 aliphatic carbocycles. The zero-order valence-electron chi connectivity index (χ0n) is 14.9. The molecule has 1 aliphatic heterocycles. The Balaban J connectivity index is 1.51. The molecule has 0 saturated heterocycles. The van der Waals surface area contributed by atoms with Gasteiger partial charge >= 0.3 is 0 Å². The minimum Gasteiger partial charge on any atom is -0.328 e. The van der Waals surface area contributed by atoms with Gasteiger partial charge < -0.3 is 4.57 Å². The minimum absolute atomic E-state index is 0.869. The summed E-state index contributed by atoms with van der Waals surface area (Å²) in [6.07, 6.45) is 6.57. The van der Waals surface area contributed by atoms with E-state index >= 15 is 0 Å². The smallest absolute Gasteiger partial charge is 0.183 e. The van der Waals surface area contributed by atoms with Gasteiger partial charge in [0, 0.05) is 54.5 Å². The molecular formula is C20H21N3OS2.